The number of fused-ring (bicyclic) bond motifs is 2. The highest BCUT2D eigenvalue weighted by molar-refractivity contribution is 8.00. The van der Waals surface area contributed by atoms with Gasteiger partial charge in [-0.3, -0.25) is 14.5 Å². The number of amides is 1. The first-order chi connectivity index (χ1) is 18.4. The van der Waals surface area contributed by atoms with Crippen LogP contribution in [0.1, 0.15) is 56.9 Å². The third-order valence-electron chi connectivity index (χ3n) is 7.00. The molecule has 1 atom stereocenters. The summed E-state index contributed by atoms with van der Waals surface area (Å²) in [6.45, 7) is 6.02. The molecule has 0 saturated heterocycles. The zero-order valence-corrected chi connectivity index (χ0v) is 22.9. The van der Waals surface area contributed by atoms with E-state index in [1.807, 2.05) is 68.4 Å². The quantitative estimate of drug-likeness (QED) is 0.173. The van der Waals surface area contributed by atoms with Crippen LogP contribution < -0.4 is 10.3 Å². The topological polar surface area (TPSA) is 76.3 Å². The highest BCUT2D eigenvalue weighted by Crippen LogP contribution is 2.43. The SMILES string of the molecule is CCc1ccc(C2c3c(oc4cc(C)c(C)cc4c3=O)C(=O)N2c2nnc(SCc3ccccc3)s2)cc1. The Balaban J connectivity index is 1.46. The number of aromatic nitrogens is 2. The van der Waals surface area contributed by atoms with Gasteiger partial charge >= 0.3 is 0 Å². The van der Waals surface area contributed by atoms with Gasteiger partial charge in [0.25, 0.3) is 5.91 Å². The van der Waals surface area contributed by atoms with E-state index in [0.29, 0.717) is 21.7 Å². The number of hydrogen-bond donors (Lipinski definition) is 0. The number of carbonyl (C=O) groups is 1. The fraction of sp³-hybridized carbons (Fsp3) is 0.200. The van der Waals surface area contributed by atoms with Crippen LogP contribution in [0.5, 0.6) is 0 Å². The van der Waals surface area contributed by atoms with E-state index in [0.717, 1.165) is 33.2 Å². The van der Waals surface area contributed by atoms with Gasteiger partial charge in [-0.15, -0.1) is 10.2 Å². The molecule has 190 valence electrons. The van der Waals surface area contributed by atoms with Crippen molar-refractivity contribution < 1.29 is 9.21 Å². The minimum absolute atomic E-state index is 0.0732. The highest BCUT2D eigenvalue weighted by atomic mass is 32.2. The zero-order valence-electron chi connectivity index (χ0n) is 21.2. The Morgan fingerprint density at radius 1 is 0.947 bits per heavy atom. The van der Waals surface area contributed by atoms with Gasteiger partial charge in [0.1, 0.15) is 5.58 Å². The molecule has 1 unspecified atom stereocenters. The third kappa shape index (κ3) is 4.23. The summed E-state index contributed by atoms with van der Waals surface area (Å²) in [6, 6.07) is 21.2. The number of nitrogens with zero attached hydrogens (tertiary/aromatic N) is 3. The molecule has 6 rings (SSSR count). The van der Waals surface area contributed by atoms with Crippen molar-refractivity contribution in [2.24, 2.45) is 0 Å². The van der Waals surface area contributed by atoms with E-state index in [1.54, 1.807) is 16.7 Å². The Kier molecular flexibility index (Phi) is 6.37. The first-order valence-electron chi connectivity index (χ1n) is 12.4. The zero-order chi connectivity index (χ0) is 26.4. The Morgan fingerprint density at radius 3 is 2.42 bits per heavy atom. The van der Waals surface area contributed by atoms with Crippen molar-refractivity contribution in [1.29, 1.82) is 0 Å². The molecule has 0 spiro atoms. The van der Waals surface area contributed by atoms with Gasteiger partial charge in [-0.2, -0.15) is 0 Å². The maximum absolute atomic E-state index is 13.9. The van der Waals surface area contributed by atoms with E-state index in [1.165, 1.54) is 22.5 Å². The van der Waals surface area contributed by atoms with Gasteiger partial charge in [0.15, 0.2) is 9.77 Å². The molecule has 0 radical (unpaired) electrons. The standard InChI is InChI=1S/C30H25N3O3S2/c1-4-19-10-12-21(13-11-19)25-24-26(34)22-14-17(2)18(3)15-23(22)36-27(24)28(35)33(25)29-31-32-30(38-29)37-16-20-8-6-5-7-9-20/h5-15,25H,4,16H2,1-3H3. The molecule has 0 bridgehead atoms. The predicted octanol–water partition coefficient (Wildman–Crippen LogP) is 6.87. The molecule has 1 aliphatic rings. The van der Waals surface area contributed by atoms with E-state index in [4.69, 9.17) is 4.42 Å². The number of rotatable bonds is 6. The van der Waals surface area contributed by atoms with E-state index in [2.05, 4.69) is 29.3 Å². The van der Waals surface area contributed by atoms with E-state index >= 15 is 0 Å². The molecule has 2 aromatic heterocycles. The van der Waals surface area contributed by atoms with Crippen LogP contribution in [0, 0.1) is 13.8 Å². The van der Waals surface area contributed by atoms with Crippen molar-refractivity contribution in [2.45, 2.75) is 43.3 Å². The van der Waals surface area contributed by atoms with Gasteiger partial charge in [-0.05, 0) is 60.2 Å². The fourth-order valence-electron chi connectivity index (χ4n) is 4.75. The molecule has 6 nitrogen and oxygen atoms in total. The normalized spacial score (nSPS) is 14.9. The van der Waals surface area contributed by atoms with Gasteiger partial charge < -0.3 is 4.42 Å². The third-order valence-corrected chi connectivity index (χ3v) is 9.12. The van der Waals surface area contributed by atoms with Crippen molar-refractivity contribution in [3.05, 3.63) is 116 Å². The molecule has 1 amide bonds. The lowest BCUT2D eigenvalue weighted by atomic mass is 9.96. The Hall–Kier alpha value is -3.75. The lowest BCUT2D eigenvalue weighted by molar-refractivity contribution is 0.0970. The van der Waals surface area contributed by atoms with Crippen molar-refractivity contribution in [3.8, 4) is 0 Å². The predicted molar refractivity (Wildman–Crippen MR) is 152 cm³/mol. The maximum atomic E-state index is 13.9. The van der Waals surface area contributed by atoms with Crippen LogP contribution >= 0.6 is 23.1 Å². The molecular weight excluding hydrogens is 514 g/mol. The summed E-state index contributed by atoms with van der Waals surface area (Å²) in [7, 11) is 0. The number of benzene rings is 3. The van der Waals surface area contributed by atoms with Crippen LogP contribution in [0.25, 0.3) is 11.0 Å². The molecule has 38 heavy (non-hydrogen) atoms. The molecular formula is C30H25N3O3S2. The lowest BCUT2D eigenvalue weighted by Crippen LogP contribution is -2.29. The largest absolute Gasteiger partial charge is 0.450 e. The van der Waals surface area contributed by atoms with Crippen LogP contribution in [0.4, 0.5) is 5.13 Å². The minimum atomic E-state index is -0.648. The molecule has 5 aromatic rings. The monoisotopic (exact) mass is 539 g/mol. The summed E-state index contributed by atoms with van der Waals surface area (Å²) in [6.07, 6.45) is 0.897. The van der Waals surface area contributed by atoms with Crippen LogP contribution in [0.3, 0.4) is 0 Å². The Bertz CT molecular complexity index is 1730. The Morgan fingerprint density at radius 2 is 1.68 bits per heavy atom. The number of aryl methyl sites for hydroxylation is 3. The smallest absolute Gasteiger partial charge is 0.297 e. The first-order valence-corrected chi connectivity index (χ1v) is 14.3. The lowest BCUT2D eigenvalue weighted by Gasteiger charge is -2.22. The van der Waals surface area contributed by atoms with Gasteiger partial charge in [-0.1, -0.05) is 84.6 Å². The number of thioether (sulfide) groups is 1. The fourth-order valence-corrected chi connectivity index (χ4v) is 6.58. The molecule has 0 fully saturated rings. The van der Waals surface area contributed by atoms with Crippen molar-refractivity contribution in [1.82, 2.24) is 10.2 Å². The average Bonchev–Trinajstić information content (AvgIpc) is 3.52. The minimum Gasteiger partial charge on any atom is -0.450 e. The highest BCUT2D eigenvalue weighted by Gasteiger charge is 2.45. The maximum Gasteiger partial charge on any atom is 0.297 e. The second-order valence-corrected chi connectivity index (χ2v) is 11.6. The van der Waals surface area contributed by atoms with Gasteiger partial charge in [0, 0.05) is 5.75 Å². The molecule has 0 aliphatic carbocycles. The molecule has 0 saturated carbocycles. The van der Waals surface area contributed by atoms with E-state index < -0.39 is 6.04 Å². The van der Waals surface area contributed by atoms with Crippen molar-refractivity contribution in [3.63, 3.8) is 0 Å². The summed E-state index contributed by atoms with van der Waals surface area (Å²) in [5.74, 6) is 0.442. The number of anilines is 1. The Labute approximate surface area is 228 Å². The summed E-state index contributed by atoms with van der Waals surface area (Å²) in [5.41, 5.74) is 5.77. The first kappa shape index (κ1) is 24.6. The molecule has 1 aliphatic heterocycles. The average molecular weight is 540 g/mol. The summed E-state index contributed by atoms with van der Waals surface area (Å²) >= 11 is 2.92. The van der Waals surface area contributed by atoms with Crippen molar-refractivity contribution in [2.75, 3.05) is 4.90 Å². The molecule has 3 heterocycles. The molecule has 0 N–H and O–H groups in total. The van der Waals surface area contributed by atoms with Crippen LogP contribution in [0.15, 0.2) is 80.3 Å². The van der Waals surface area contributed by atoms with Gasteiger partial charge in [0.2, 0.25) is 10.9 Å². The van der Waals surface area contributed by atoms with E-state index in [-0.39, 0.29) is 17.1 Å². The van der Waals surface area contributed by atoms with Gasteiger partial charge in [-0.25, -0.2) is 0 Å². The summed E-state index contributed by atoms with van der Waals surface area (Å²) < 4.78 is 6.91. The van der Waals surface area contributed by atoms with Crippen LogP contribution in [-0.2, 0) is 12.2 Å². The summed E-state index contributed by atoms with van der Waals surface area (Å²) in [4.78, 5) is 29.3. The second kappa shape index (κ2) is 9.85. The van der Waals surface area contributed by atoms with E-state index in [9.17, 15) is 9.59 Å². The van der Waals surface area contributed by atoms with Crippen LogP contribution in [-0.4, -0.2) is 16.1 Å². The second-order valence-electron chi connectivity index (χ2n) is 9.40. The van der Waals surface area contributed by atoms with Crippen molar-refractivity contribution >= 4 is 45.1 Å². The molecule has 3 aromatic carbocycles. The number of hydrogen-bond acceptors (Lipinski definition) is 7. The molecule has 8 heteroatoms. The number of carbonyl (C=O) groups excluding carboxylic acids is 1. The van der Waals surface area contributed by atoms with Gasteiger partial charge in [0.05, 0.1) is 17.0 Å². The summed E-state index contributed by atoms with van der Waals surface area (Å²) in [5, 5.41) is 9.67. The van der Waals surface area contributed by atoms with Crippen LogP contribution in [0.2, 0.25) is 0 Å².